The van der Waals surface area contributed by atoms with Gasteiger partial charge in [-0.2, -0.15) is 4.98 Å². The molecule has 1 heterocycles. The molecule has 0 radical (unpaired) electrons. The van der Waals surface area contributed by atoms with E-state index in [1.165, 1.54) is 7.11 Å². The van der Waals surface area contributed by atoms with E-state index >= 15 is 0 Å². The number of ether oxygens (including phenoxy) is 1. The predicted octanol–water partition coefficient (Wildman–Crippen LogP) is 1.29. The second kappa shape index (κ2) is 7.20. The average molecular weight is 319 g/mol. The lowest BCUT2D eigenvalue weighted by molar-refractivity contribution is -0.126. The standard InChI is InChI=1S/C13H22N4O3.ClH/c1-8(2)10(15-9(18)7-19-3)11-16-12(17-20-11)13(14)5-4-6-13;/h8,10H,4-7,14H2,1-3H3,(H,15,18);1H/t10-;/m0./s1. The average Bonchev–Trinajstić information content (AvgIpc) is 2.82. The van der Waals surface area contributed by atoms with Crippen LogP contribution < -0.4 is 11.1 Å². The van der Waals surface area contributed by atoms with E-state index in [-0.39, 0.29) is 36.9 Å². The molecule has 0 aliphatic heterocycles. The second-order valence-electron chi connectivity index (χ2n) is 5.69. The lowest BCUT2D eigenvalue weighted by atomic mass is 9.77. The van der Waals surface area contributed by atoms with Gasteiger partial charge in [0.15, 0.2) is 5.82 Å². The highest BCUT2D eigenvalue weighted by Crippen LogP contribution is 2.37. The van der Waals surface area contributed by atoms with Crippen LogP contribution in [0.15, 0.2) is 4.52 Å². The summed E-state index contributed by atoms with van der Waals surface area (Å²) in [6, 6.07) is -0.331. The van der Waals surface area contributed by atoms with Gasteiger partial charge in [0.2, 0.25) is 11.8 Å². The van der Waals surface area contributed by atoms with Crippen molar-refractivity contribution in [2.24, 2.45) is 11.7 Å². The van der Waals surface area contributed by atoms with E-state index in [2.05, 4.69) is 15.5 Å². The fourth-order valence-electron chi connectivity index (χ4n) is 2.20. The SMILES string of the molecule is COCC(=O)N[C@H](c1nc(C2(N)CCC2)no1)C(C)C.Cl. The van der Waals surface area contributed by atoms with Gasteiger partial charge in [-0.05, 0) is 25.2 Å². The quantitative estimate of drug-likeness (QED) is 0.819. The third kappa shape index (κ3) is 3.93. The van der Waals surface area contributed by atoms with E-state index in [9.17, 15) is 4.79 Å². The minimum absolute atomic E-state index is 0. The predicted molar refractivity (Wildman–Crippen MR) is 78.9 cm³/mol. The van der Waals surface area contributed by atoms with Crippen molar-refractivity contribution in [1.29, 1.82) is 0 Å². The van der Waals surface area contributed by atoms with Gasteiger partial charge in [-0.15, -0.1) is 12.4 Å². The van der Waals surface area contributed by atoms with E-state index in [1.54, 1.807) is 0 Å². The molecule has 3 N–H and O–H groups in total. The summed E-state index contributed by atoms with van der Waals surface area (Å²) in [5, 5.41) is 6.81. The zero-order valence-electron chi connectivity index (χ0n) is 12.6. The maximum absolute atomic E-state index is 11.7. The van der Waals surface area contributed by atoms with Crippen molar-refractivity contribution in [2.75, 3.05) is 13.7 Å². The number of hydrogen-bond acceptors (Lipinski definition) is 6. The molecule has 1 aromatic rings. The number of carbonyl (C=O) groups is 1. The topological polar surface area (TPSA) is 103 Å². The van der Waals surface area contributed by atoms with Gasteiger partial charge in [-0.3, -0.25) is 4.79 Å². The highest BCUT2D eigenvalue weighted by atomic mass is 35.5. The third-order valence-electron chi connectivity index (χ3n) is 3.66. The molecule has 1 aliphatic rings. The molecular formula is C13H23ClN4O3. The summed E-state index contributed by atoms with van der Waals surface area (Å²) in [6.07, 6.45) is 2.82. The Morgan fingerprint density at radius 1 is 1.52 bits per heavy atom. The number of amides is 1. The van der Waals surface area contributed by atoms with Gasteiger partial charge >= 0.3 is 0 Å². The van der Waals surface area contributed by atoms with E-state index in [4.69, 9.17) is 15.0 Å². The smallest absolute Gasteiger partial charge is 0.249 e. The molecule has 120 valence electrons. The molecule has 1 saturated carbocycles. The van der Waals surface area contributed by atoms with Gasteiger partial charge in [0.25, 0.3) is 0 Å². The summed E-state index contributed by atoms with van der Waals surface area (Å²) >= 11 is 0. The first-order chi connectivity index (χ1) is 9.46. The van der Waals surface area contributed by atoms with Crippen molar-refractivity contribution in [3.05, 3.63) is 11.7 Å². The zero-order chi connectivity index (χ0) is 14.8. The van der Waals surface area contributed by atoms with E-state index in [0.717, 1.165) is 19.3 Å². The van der Waals surface area contributed by atoms with E-state index in [1.807, 2.05) is 13.8 Å². The van der Waals surface area contributed by atoms with Crippen LogP contribution >= 0.6 is 12.4 Å². The van der Waals surface area contributed by atoms with Crippen LogP contribution in [0.3, 0.4) is 0 Å². The summed E-state index contributed by atoms with van der Waals surface area (Å²) in [6.45, 7) is 3.96. The number of nitrogens with one attached hydrogen (secondary N) is 1. The minimum Gasteiger partial charge on any atom is -0.375 e. The first-order valence-electron chi connectivity index (χ1n) is 6.87. The maximum atomic E-state index is 11.7. The summed E-state index contributed by atoms with van der Waals surface area (Å²) in [7, 11) is 1.48. The molecule has 1 fully saturated rings. The van der Waals surface area contributed by atoms with Crippen molar-refractivity contribution < 1.29 is 14.1 Å². The normalized spacial score (nSPS) is 17.8. The molecule has 1 amide bonds. The molecule has 0 spiro atoms. The molecule has 0 saturated heterocycles. The number of rotatable bonds is 6. The number of nitrogens with two attached hydrogens (primary N) is 1. The minimum atomic E-state index is -0.459. The van der Waals surface area contributed by atoms with Crippen molar-refractivity contribution in [2.45, 2.75) is 44.7 Å². The Morgan fingerprint density at radius 3 is 2.67 bits per heavy atom. The van der Waals surface area contributed by atoms with Crippen LogP contribution in [0.4, 0.5) is 0 Å². The fraction of sp³-hybridized carbons (Fsp3) is 0.769. The van der Waals surface area contributed by atoms with Crippen LogP contribution in [0.2, 0.25) is 0 Å². The van der Waals surface area contributed by atoms with Gasteiger partial charge in [0.1, 0.15) is 12.6 Å². The number of methoxy groups -OCH3 is 1. The van der Waals surface area contributed by atoms with Crippen LogP contribution in [-0.4, -0.2) is 29.8 Å². The highest BCUT2D eigenvalue weighted by molar-refractivity contribution is 5.85. The van der Waals surface area contributed by atoms with Crippen molar-refractivity contribution in [3.63, 3.8) is 0 Å². The summed E-state index contributed by atoms with van der Waals surface area (Å²) in [5.41, 5.74) is 5.71. The highest BCUT2D eigenvalue weighted by Gasteiger charge is 2.39. The van der Waals surface area contributed by atoms with Crippen LogP contribution in [0.1, 0.15) is 50.9 Å². The third-order valence-corrected chi connectivity index (χ3v) is 3.66. The summed E-state index contributed by atoms with van der Waals surface area (Å²) in [5.74, 6) is 0.845. The van der Waals surface area contributed by atoms with Crippen LogP contribution in [-0.2, 0) is 15.1 Å². The van der Waals surface area contributed by atoms with Crippen LogP contribution in [0.5, 0.6) is 0 Å². The Bertz CT molecular complexity index is 474. The fourth-order valence-corrected chi connectivity index (χ4v) is 2.20. The molecule has 1 aromatic heterocycles. The Balaban J connectivity index is 0.00000220. The molecular weight excluding hydrogens is 296 g/mol. The maximum Gasteiger partial charge on any atom is 0.249 e. The molecule has 8 heteroatoms. The molecule has 1 aliphatic carbocycles. The molecule has 0 unspecified atom stereocenters. The summed E-state index contributed by atoms with van der Waals surface area (Å²) in [4.78, 5) is 16.0. The van der Waals surface area contributed by atoms with Crippen molar-refractivity contribution in [1.82, 2.24) is 15.5 Å². The molecule has 1 atom stereocenters. The van der Waals surface area contributed by atoms with E-state index in [0.29, 0.717) is 11.7 Å². The van der Waals surface area contributed by atoms with E-state index < -0.39 is 5.54 Å². The Kier molecular flexibility index (Phi) is 6.12. The van der Waals surface area contributed by atoms with Crippen LogP contribution in [0.25, 0.3) is 0 Å². The van der Waals surface area contributed by atoms with Gasteiger partial charge in [0, 0.05) is 7.11 Å². The zero-order valence-corrected chi connectivity index (χ0v) is 13.4. The number of aromatic nitrogens is 2. The van der Waals surface area contributed by atoms with Gasteiger partial charge in [-0.1, -0.05) is 19.0 Å². The molecule has 0 aromatic carbocycles. The first kappa shape index (κ1) is 17.9. The van der Waals surface area contributed by atoms with Gasteiger partial charge < -0.3 is 20.3 Å². The van der Waals surface area contributed by atoms with Crippen molar-refractivity contribution >= 4 is 18.3 Å². The number of hydrogen-bond donors (Lipinski definition) is 2. The Labute approximate surface area is 130 Å². The molecule has 2 rings (SSSR count). The van der Waals surface area contributed by atoms with Crippen LogP contribution in [0, 0.1) is 5.92 Å². The largest absolute Gasteiger partial charge is 0.375 e. The number of halogens is 1. The number of nitrogens with zero attached hydrogens (tertiary/aromatic N) is 2. The Morgan fingerprint density at radius 2 is 2.19 bits per heavy atom. The monoisotopic (exact) mass is 318 g/mol. The lowest BCUT2D eigenvalue weighted by Crippen LogP contribution is -2.44. The second-order valence-corrected chi connectivity index (χ2v) is 5.69. The first-order valence-corrected chi connectivity index (χ1v) is 6.87. The number of carbonyl (C=O) groups excluding carboxylic acids is 1. The Hall–Kier alpha value is -1.18. The summed E-state index contributed by atoms with van der Waals surface area (Å²) < 4.78 is 10.1. The molecule has 21 heavy (non-hydrogen) atoms. The van der Waals surface area contributed by atoms with Gasteiger partial charge in [-0.25, -0.2) is 0 Å². The molecule has 7 nitrogen and oxygen atoms in total. The lowest BCUT2D eigenvalue weighted by Gasteiger charge is -2.34. The van der Waals surface area contributed by atoms with Crippen molar-refractivity contribution in [3.8, 4) is 0 Å². The van der Waals surface area contributed by atoms with Gasteiger partial charge in [0.05, 0.1) is 5.54 Å². The molecule has 0 bridgehead atoms.